The second-order valence-corrected chi connectivity index (χ2v) is 7.97. The summed E-state index contributed by atoms with van der Waals surface area (Å²) in [7, 11) is -1.06. The second kappa shape index (κ2) is 6.84. The van der Waals surface area contributed by atoms with Crippen LogP contribution in [0, 0.1) is 0 Å². The lowest BCUT2D eigenvalue weighted by Gasteiger charge is -2.39. The van der Waals surface area contributed by atoms with Crippen LogP contribution in [0.3, 0.4) is 0 Å². The zero-order valence-corrected chi connectivity index (χ0v) is 14.0. The van der Waals surface area contributed by atoms with E-state index in [4.69, 9.17) is 0 Å². The normalized spacial score (nSPS) is 19.4. The molecule has 0 amide bonds. The van der Waals surface area contributed by atoms with E-state index in [1.54, 1.807) is 6.92 Å². The van der Waals surface area contributed by atoms with Gasteiger partial charge in [-0.15, -0.1) is 0 Å². The van der Waals surface area contributed by atoms with E-state index in [0.717, 1.165) is 36.8 Å². The van der Waals surface area contributed by atoms with Crippen LogP contribution < -0.4 is 4.72 Å². The number of hydrogen-bond acceptors (Lipinski definition) is 2. The molecule has 1 fully saturated rings. The Morgan fingerprint density at radius 3 is 2.48 bits per heavy atom. The third kappa shape index (κ3) is 3.80. The van der Waals surface area contributed by atoms with Crippen LogP contribution in [0.1, 0.15) is 68.8 Å². The number of Topliss-reactive ketones (excluding diaryl/α,β-unsaturated/α-hetero) is 1. The molecule has 1 aliphatic rings. The van der Waals surface area contributed by atoms with Gasteiger partial charge in [-0.05, 0) is 45.2 Å². The van der Waals surface area contributed by atoms with Crippen molar-refractivity contribution in [3.63, 3.8) is 0 Å². The topological polar surface area (TPSA) is 46.2 Å². The summed E-state index contributed by atoms with van der Waals surface area (Å²) in [5.74, 6) is 0.0767. The van der Waals surface area contributed by atoms with E-state index >= 15 is 0 Å². The number of carbonyl (C=O) groups excluding carboxylic acids is 1. The number of nitrogens with one attached hydrogen (secondary N) is 1. The molecule has 3 nitrogen and oxygen atoms in total. The van der Waals surface area contributed by atoms with Crippen molar-refractivity contribution in [3.05, 3.63) is 35.4 Å². The van der Waals surface area contributed by atoms with Crippen molar-refractivity contribution >= 4 is 16.8 Å². The van der Waals surface area contributed by atoms with Crippen molar-refractivity contribution in [3.8, 4) is 0 Å². The van der Waals surface area contributed by atoms with E-state index in [1.807, 2.05) is 32.0 Å². The minimum Gasteiger partial charge on any atom is -0.295 e. The lowest BCUT2D eigenvalue weighted by Crippen LogP contribution is -2.46. The highest BCUT2D eigenvalue weighted by Crippen LogP contribution is 2.38. The highest BCUT2D eigenvalue weighted by Gasteiger charge is 2.36. The molecule has 0 aliphatic heterocycles. The van der Waals surface area contributed by atoms with Gasteiger partial charge in [0.2, 0.25) is 0 Å². The Morgan fingerprint density at radius 2 is 1.90 bits per heavy atom. The van der Waals surface area contributed by atoms with Gasteiger partial charge < -0.3 is 0 Å². The largest absolute Gasteiger partial charge is 0.295 e. The summed E-state index contributed by atoms with van der Waals surface area (Å²) in [6.45, 7) is 5.52. The average molecular weight is 307 g/mol. The minimum absolute atomic E-state index is 0.0767. The molecule has 1 aliphatic carbocycles. The minimum atomic E-state index is -1.06. The van der Waals surface area contributed by atoms with Crippen LogP contribution in [0.25, 0.3) is 0 Å². The van der Waals surface area contributed by atoms with E-state index in [2.05, 4.69) is 10.8 Å². The Hall–Kier alpha value is -1.00. The molecule has 2 rings (SSSR count). The second-order valence-electron chi connectivity index (χ2n) is 6.23. The van der Waals surface area contributed by atoms with Crippen LogP contribution >= 0.6 is 0 Å². The highest BCUT2D eigenvalue weighted by molar-refractivity contribution is 7.83. The van der Waals surface area contributed by atoms with E-state index in [-0.39, 0.29) is 16.6 Å². The zero-order chi connectivity index (χ0) is 15.5. The lowest BCUT2D eigenvalue weighted by atomic mass is 9.77. The standard InChI is InChI=1S/C17H25NO2S/c1-13(2)21(20)18-17(10-5-4-6-11-17)16-9-7-8-15(12-16)14(3)19/h7-9,12-13,18H,4-6,10-11H2,1-3H3. The van der Waals surface area contributed by atoms with Crippen LogP contribution in [0.4, 0.5) is 0 Å². The van der Waals surface area contributed by atoms with Crippen LogP contribution in [0.2, 0.25) is 0 Å². The molecule has 1 unspecified atom stereocenters. The SMILES string of the molecule is CC(=O)c1cccc(C2(NS(=O)C(C)C)CCCCC2)c1. The van der Waals surface area contributed by atoms with Gasteiger partial charge >= 0.3 is 0 Å². The van der Waals surface area contributed by atoms with Crippen molar-refractivity contribution in [2.45, 2.75) is 63.7 Å². The quantitative estimate of drug-likeness (QED) is 0.843. The Kier molecular flexibility index (Phi) is 5.33. The van der Waals surface area contributed by atoms with Gasteiger partial charge in [-0.2, -0.15) is 0 Å². The zero-order valence-electron chi connectivity index (χ0n) is 13.1. The summed E-state index contributed by atoms with van der Waals surface area (Å²) < 4.78 is 15.7. The van der Waals surface area contributed by atoms with Gasteiger partial charge in [-0.1, -0.05) is 37.5 Å². The molecule has 116 valence electrons. The fourth-order valence-electron chi connectivity index (χ4n) is 2.95. The van der Waals surface area contributed by atoms with Gasteiger partial charge in [0.05, 0.1) is 16.5 Å². The smallest absolute Gasteiger partial charge is 0.159 e. The van der Waals surface area contributed by atoms with E-state index in [9.17, 15) is 9.00 Å². The molecule has 0 radical (unpaired) electrons. The van der Waals surface area contributed by atoms with Crippen LogP contribution in [0.15, 0.2) is 24.3 Å². The summed E-state index contributed by atoms with van der Waals surface area (Å²) in [4.78, 5) is 11.6. The number of rotatable bonds is 5. The maximum Gasteiger partial charge on any atom is 0.159 e. The van der Waals surface area contributed by atoms with Crippen molar-refractivity contribution in [2.75, 3.05) is 0 Å². The summed E-state index contributed by atoms with van der Waals surface area (Å²) >= 11 is 0. The highest BCUT2D eigenvalue weighted by atomic mass is 32.2. The van der Waals surface area contributed by atoms with Gasteiger partial charge in [-0.3, -0.25) is 4.79 Å². The lowest BCUT2D eigenvalue weighted by molar-refractivity contribution is 0.101. The number of benzene rings is 1. The molecule has 21 heavy (non-hydrogen) atoms. The summed E-state index contributed by atoms with van der Waals surface area (Å²) in [5, 5.41) is 0.0831. The Bertz CT molecular complexity index is 533. The van der Waals surface area contributed by atoms with Gasteiger partial charge in [0.25, 0.3) is 0 Å². The van der Waals surface area contributed by atoms with E-state index < -0.39 is 11.0 Å². The Balaban J connectivity index is 2.37. The molecular formula is C17H25NO2S. The maximum absolute atomic E-state index is 12.3. The van der Waals surface area contributed by atoms with E-state index in [1.165, 1.54) is 6.42 Å². The van der Waals surface area contributed by atoms with Gasteiger partial charge in [-0.25, -0.2) is 8.93 Å². The maximum atomic E-state index is 12.3. The third-order valence-electron chi connectivity index (χ3n) is 4.25. The molecule has 0 saturated heterocycles. The summed E-state index contributed by atoms with van der Waals surface area (Å²) in [5.41, 5.74) is 1.58. The number of carbonyl (C=O) groups is 1. The Morgan fingerprint density at radius 1 is 1.24 bits per heavy atom. The first-order valence-electron chi connectivity index (χ1n) is 7.74. The van der Waals surface area contributed by atoms with Crippen molar-refractivity contribution < 1.29 is 9.00 Å². The molecule has 1 atom stereocenters. The van der Waals surface area contributed by atoms with Gasteiger partial charge in [0, 0.05) is 10.8 Å². The van der Waals surface area contributed by atoms with Crippen molar-refractivity contribution in [2.24, 2.45) is 0 Å². The molecule has 0 aromatic heterocycles. The monoisotopic (exact) mass is 307 g/mol. The fourth-order valence-corrected chi connectivity index (χ4v) is 3.89. The molecular weight excluding hydrogens is 282 g/mol. The predicted octanol–water partition coefficient (Wildman–Crippen LogP) is 3.71. The van der Waals surface area contributed by atoms with E-state index in [0.29, 0.717) is 0 Å². The molecule has 0 heterocycles. The third-order valence-corrected chi connectivity index (χ3v) is 5.70. The van der Waals surface area contributed by atoms with Crippen LogP contribution in [-0.2, 0) is 16.5 Å². The Labute approximate surface area is 130 Å². The summed E-state index contributed by atoms with van der Waals surface area (Å²) in [6.07, 6.45) is 5.45. The van der Waals surface area contributed by atoms with Crippen molar-refractivity contribution in [1.29, 1.82) is 0 Å². The van der Waals surface area contributed by atoms with Crippen molar-refractivity contribution in [1.82, 2.24) is 4.72 Å². The molecule has 1 aromatic carbocycles. The van der Waals surface area contributed by atoms with Crippen LogP contribution in [-0.4, -0.2) is 15.2 Å². The molecule has 1 aromatic rings. The first kappa shape index (κ1) is 16.4. The predicted molar refractivity (Wildman–Crippen MR) is 87.6 cm³/mol. The molecule has 4 heteroatoms. The molecule has 1 saturated carbocycles. The van der Waals surface area contributed by atoms with Gasteiger partial charge in [0.1, 0.15) is 0 Å². The first-order valence-corrected chi connectivity index (χ1v) is 8.96. The van der Waals surface area contributed by atoms with Gasteiger partial charge in [0.15, 0.2) is 5.78 Å². The summed E-state index contributed by atoms with van der Waals surface area (Å²) in [6, 6.07) is 7.81. The fraction of sp³-hybridized carbons (Fsp3) is 0.588. The number of ketones is 1. The average Bonchev–Trinajstić information content (AvgIpc) is 2.48. The van der Waals surface area contributed by atoms with Crippen LogP contribution in [0.5, 0.6) is 0 Å². The molecule has 0 spiro atoms. The first-order chi connectivity index (χ1) is 9.94. The molecule has 0 bridgehead atoms. The number of hydrogen-bond donors (Lipinski definition) is 1. The molecule has 1 N–H and O–H groups in total.